The van der Waals surface area contributed by atoms with Crippen molar-refractivity contribution < 1.29 is 0 Å². The molecule has 0 bridgehead atoms. The SMILES string of the molecule is CC[C@@H]1C(Cl)=NC(c2ccc3c(c2)sc2ccccc23)=NC1c1ccc2sc3ccccc3c2c1. The quantitative estimate of drug-likeness (QED) is 0.227. The molecule has 2 aromatic heterocycles. The van der Waals surface area contributed by atoms with Gasteiger partial charge < -0.3 is 0 Å². The first-order chi connectivity index (χ1) is 17.2. The molecule has 7 rings (SSSR count). The van der Waals surface area contributed by atoms with Crippen molar-refractivity contribution in [1.82, 2.24) is 0 Å². The molecule has 4 aromatic carbocycles. The van der Waals surface area contributed by atoms with Crippen LogP contribution < -0.4 is 0 Å². The minimum absolute atomic E-state index is 0.0545. The van der Waals surface area contributed by atoms with E-state index < -0.39 is 0 Å². The Kier molecular flexibility index (Phi) is 5.02. The van der Waals surface area contributed by atoms with Gasteiger partial charge in [0.15, 0.2) is 5.84 Å². The van der Waals surface area contributed by atoms with E-state index in [4.69, 9.17) is 21.6 Å². The highest BCUT2D eigenvalue weighted by atomic mass is 35.5. The lowest BCUT2D eigenvalue weighted by molar-refractivity contribution is 0.538. The lowest BCUT2D eigenvalue weighted by Crippen LogP contribution is -2.24. The molecule has 35 heavy (non-hydrogen) atoms. The van der Waals surface area contributed by atoms with E-state index in [0.29, 0.717) is 5.17 Å². The number of hydrogen-bond acceptors (Lipinski definition) is 4. The summed E-state index contributed by atoms with van der Waals surface area (Å²) in [4.78, 5) is 9.99. The lowest BCUT2D eigenvalue weighted by Gasteiger charge is -2.27. The Morgan fingerprint density at radius 1 is 0.714 bits per heavy atom. The fraction of sp³-hybridized carbons (Fsp3) is 0.133. The van der Waals surface area contributed by atoms with Crippen LogP contribution in [0.3, 0.4) is 0 Å². The summed E-state index contributed by atoms with van der Waals surface area (Å²) >= 11 is 10.5. The molecule has 0 radical (unpaired) electrons. The van der Waals surface area contributed by atoms with Crippen molar-refractivity contribution in [3.8, 4) is 0 Å². The maximum absolute atomic E-state index is 6.82. The fourth-order valence-corrected chi connectivity index (χ4v) is 7.78. The third kappa shape index (κ3) is 3.43. The predicted octanol–water partition coefficient (Wildman–Crippen LogP) is 9.59. The Morgan fingerprint density at radius 2 is 1.37 bits per heavy atom. The Morgan fingerprint density at radius 3 is 2.14 bits per heavy atom. The highest BCUT2D eigenvalue weighted by Crippen LogP contribution is 2.40. The molecule has 0 aliphatic carbocycles. The van der Waals surface area contributed by atoms with Gasteiger partial charge in [0.05, 0.1) is 6.04 Å². The molecule has 2 atom stereocenters. The van der Waals surface area contributed by atoms with Gasteiger partial charge in [0.1, 0.15) is 5.17 Å². The van der Waals surface area contributed by atoms with Crippen LogP contribution in [0.2, 0.25) is 0 Å². The summed E-state index contributed by atoms with van der Waals surface area (Å²) in [7, 11) is 0. The fourth-order valence-electron chi connectivity index (χ4n) is 5.20. The van der Waals surface area contributed by atoms with Crippen LogP contribution in [0.5, 0.6) is 0 Å². The summed E-state index contributed by atoms with van der Waals surface area (Å²) in [5.41, 5.74) is 2.21. The van der Waals surface area contributed by atoms with Crippen LogP contribution in [0.15, 0.2) is 94.9 Å². The van der Waals surface area contributed by atoms with Gasteiger partial charge in [0.2, 0.25) is 0 Å². The minimum Gasteiger partial charge on any atom is -0.257 e. The van der Waals surface area contributed by atoms with E-state index in [1.807, 2.05) is 22.7 Å². The molecule has 0 spiro atoms. The first kappa shape index (κ1) is 21.3. The van der Waals surface area contributed by atoms with Crippen LogP contribution in [0.4, 0.5) is 0 Å². The number of rotatable bonds is 3. The maximum atomic E-state index is 6.82. The number of nitrogens with zero attached hydrogens (tertiary/aromatic N) is 2. The number of amidine groups is 1. The van der Waals surface area contributed by atoms with E-state index in [-0.39, 0.29) is 12.0 Å². The zero-order chi connectivity index (χ0) is 23.5. The van der Waals surface area contributed by atoms with Crippen molar-refractivity contribution in [2.45, 2.75) is 19.4 Å². The van der Waals surface area contributed by atoms with Crippen LogP contribution in [0.1, 0.15) is 30.5 Å². The molecule has 170 valence electrons. The lowest BCUT2D eigenvalue weighted by atomic mass is 9.90. The molecular weight excluding hydrogens is 488 g/mol. The average Bonchev–Trinajstić information content (AvgIpc) is 3.45. The van der Waals surface area contributed by atoms with Gasteiger partial charge in [-0.3, -0.25) is 4.99 Å². The highest BCUT2D eigenvalue weighted by Gasteiger charge is 2.30. The zero-order valence-corrected chi connectivity index (χ0v) is 21.4. The molecule has 0 amide bonds. The standard InChI is InChI=1S/C30H21ClN2S2/c1-2-19-28(17-12-14-26-23(15-17)21-8-4-6-10-25(21)34-26)32-30(33-29(19)31)18-11-13-22-20-7-3-5-9-24(20)35-27(22)16-18/h3-16,19,28H,2H2,1H3/t19-,28?/m0/s1. The van der Waals surface area contributed by atoms with Crippen LogP contribution >= 0.6 is 34.3 Å². The summed E-state index contributed by atoms with van der Waals surface area (Å²) in [6, 6.07) is 30.4. The summed E-state index contributed by atoms with van der Waals surface area (Å²) in [5.74, 6) is 0.801. The summed E-state index contributed by atoms with van der Waals surface area (Å²) in [5, 5.41) is 5.82. The molecule has 5 heteroatoms. The zero-order valence-electron chi connectivity index (χ0n) is 19.0. The molecule has 6 aromatic rings. The van der Waals surface area contributed by atoms with E-state index in [0.717, 1.165) is 17.8 Å². The van der Waals surface area contributed by atoms with Gasteiger partial charge >= 0.3 is 0 Å². The molecule has 0 N–H and O–H groups in total. The van der Waals surface area contributed by atoms with E-state index in [2.05, 4.69) is 91.9 Å². The van der Waals surface area contributed by atoms with Gasteiger partial charge in [-0.1, -0.05) is 73.1 Å². The van der Waals surface area contributed by atoms with Crippen molar-refractivity contribution >= 4 is 85.6 Å². The van der Waals surface area contributed by atoms with Gasteiger partial charge in [0.25, 0.3) is 0 Å². The van der Waals surface area contributed by atoms with Gasteiger partial charge in [-0.25, -0.2) is 4.99 Å². The normalized spacial score (nSPS) is 18.5. The average molecular weight is 509 g/mol. The maximum Gasteiger partial charge on any atom is 0.156 e. The third-order valence-electron chi connectivity index (χ3n) is 6.98. The molecule has 0 saturated carbocycles. The van der Waals surface area contributed by atoms with Crippen molar-refractivity contribution in [2.24, 2.45) is 15.9 Å². The van der Waals surface area contributed by atoms with E-state index in [1.165, 1.54) is 45.9 Å². The second kappa shape index (κ2) is 8.27. The smallest absolute Gasteiger partial charge is 0.156 e. The number of benzene rings is 4. The number of hydrogen-bond donors (Lipinski definition) is 0. The van der Waals surface area contributed by atoms with Crippen LogP contribution in [0, 0.1) is 5.92 Å². The van der Waals surface area contributed by atoms with Crippen LogP contribution in [-0.2, 0) is 0 Å². The van der Waals surface area contributed by atoms with Crippen LogP contribution in [-0.4, -0.2) is 11.0 Å². The third-order valence-corrected chi connectivity index (χ3v) is 9.63. The second-order valence-corrected chi connectivity index (χ2v) is 11.6. The number of fused-ring (bicyclic) bond motifs is 6. The molecule has 1 aliphatic heterocycles. The molecule has 2 nitrogen and oxygen atoms in total. The Bertz CT molecular complexity index is 1820. The van der Waals surface area contributed by atoms with Crippen molar-refractivity contribution in [1.29, 1.82) is 0 Å². The molecule has 1 unspecified atom stereocenters. The number of aliphatic imine (C=N–C) groups is 2. The van der Waals surface area contributed by atoms with Gasteiger partial charge in [-0.05, 0) is 42.3 Å². The summed E-state index contributed by atoms with van der Waals surface area (Å²) in [6.45, 7) is 2.16. The van der Waals surface area contributed by atoms with Crippen molar-refractivity contribution in [3.63, 3.8) is 0 Å². The Labute approximate surface area is 216 Å². The molecule has 0 fully saturated rings. The van der Waals surface area contributed by atoms with Crippen LogP contribution in [0.25, 0.3) is 40.3 Å². The van der Waals surface area contributed by atoms with E-state index >= 15 is 0 Å². The second-order valence-electron chi connectivity index (χ2n) is 9.01. The van der Waals surface area contributed by atoms with Gasteiger partial charge in [0, 0.05) is 51.8 Å². The number of thiophene rings is 2. The highest BCUT2D eigenvalue weighted by molar-refractivity contribution is 7.26. The Balaban J connectivity index is 1.36. The predicted molar refractivity (Wildman–Crippen MR) is 155 cm³/mol. The monoisotopic (exact) mass is 508 g/mol. The van der Waals surface area contributed by atoms with Crippen molar-refractivity contribution in [2.75, 3.05) is 0 Å². The minimum atomic E-state index is -0.0545. The number of halogens is 1. The van der Waals surface area contributed by atoms with Crippen molar-refractivity contribution in [3.05, 3.63) is 96.1 Å². The first-order valence-corrected chi connectivity index (χ1v) is 13.9. The van der Waals surface area contributed by atoms with E-state index in [1.54, 1.807) is 0 Å². The first-order valence-electron chi connectivity index (χ1n) is 11.8. The largest absolute Gasteiger partial charge is 0.257 e. The molecule has 3 heterocycles. The topological polar surface area (TPSA) is 24.7 Å². The van der Waals surface area contributed by atoms with Gasteiger partial charge in [-0.2, -0.15) is 0 Å². The Hall–Kier alpha value is -3.05. The molecule has 1 aliphatic rings. The summed E-state index contributed by atoms with van der Waals surface area (Å²) < 4.78 is 5.17. The molecular formula is C30H21ClN2S2. The summed E-state index contributed by atoms with van der Waals surface area (Å²) in [6.07, 6.45) is 0.890. The van der Waals surface area contributed by atoms with Gasteiger partial charge in [-0.15, -0.1) is 22.7 Å². The van der Waals surface area contributed by atoms with E-state index in [9.17, 15) is 0 Å². The molecule has 0 saturated heterocycles.